The number of amides is 1. The van der Waals surface area contributed by atoms with Gasteiger partial charge >= 0.3 is 17.9 Å². The highest BCUT2D eigenvalue weighted by molar-refractivity contribution is 5.99. The number of carbonyl (C=O) groups excluding carboxylic acids is 4. The van der Waals surface area contributed by atoms with Crippen molar-refractivity contribution in [2.75, 3.05) is 21.3 Å². The second kappa shape index (κ2) is 10.00. The average Bonchev–Trinajstić information content (AvgIpc) is 2.70. The molecule has 0 spiro atoms. The van der Waals surface area contributed by atoms with Gasteiger partial charge in [0.15, 0.2) is 5.92 Å². The number of hydrogen-bond donors (Lipinski definition) is 1. The zero-order chi connectivity index (χ0) is 21.4. The van der Waals surface area contributed by atoms with Crippen LogP contribution in [0.5, 0.6) is 0 Å². The number of non-ortho nitro benzene ring substituents is 1. The molecule has 1 N–H and O–H groups in total. The van der Waals surface area contributed by atoms with Crippen LogP contribution in [0.3, 0.4) is 0 Å². The molecule has 0 heterocycles. The van der Waals surface area contributed by atoms with Crippen LogP contribution in [-0.2, 0) is 28.6 Å². The van der Waals surface area contributed by atoms with Crippen LogP contribution in [0.2, 0.25) is 0 Å². The number of nitro groups is 1. The van der Waals surface area contributed by atoms with E-state index in [0.717, 1.165) is 27.4 Å². The number of methoxy groups -OCH3 is 3. The molecule has 0 saturated carbocycles. The van der Waals surface area contributed by atoms with Crippen molar-refractivity contribution in [3.8, 4) is 0 Å². The topological polar surface area (TPSA) is 151 Å². The summed E-state index contributed by atoms with van der Waals surface area (Å²) in [4.78, 5) is 58.8. The minimum absolute atomic E-state index is 0.0945. The lowest BCUT2D eigenvalue weighted by Crippen LogP contribution is -2.51. The fourth-order valence-corrected chi connectivity index (χ4v) is 2.49. The Balaban J connectivity index is 3.20. The van der Waals surface area contributed by atoms with E-state index in [9.17, 15) is 29.3 Å². The molecule has 0 aliphatic rings. The van der Waals surface area contributed by atoms with Gasteiger partial charge in [-0.1, -0.05) is 13.0 Å². The Bertz CT molecular complexity index is 762. The second-order valence-electron chi connectivity index (χ2n) is 5.66. The molecule has 0 aliphatic heterocycles. The van der Waals surface area contributed by atoms with Crippen molar-refractivity contribution in [2.45, 2.75) is 13.0 Å². The van der Waals surface area contributed by atoms with Crippen LogP contribution in [-0.4, -0.2) is 56.1 Å². The third-order valence-electron chi connectivity index (χ3n) is 4.02. The molecule has 152 valence electrons. The number of nitrogens with zero attached hydrogens (tertiary/aromatic N) is 1. The Kier molecular flexibility index (Phi) is 8.05. The smallest absolute Gasteiger partial charge is 0.328 e. The van der Waals surface area contributed by atoms with E-state index in [1.165, 1.54) is 25.1 Å². The number of carbonyl (C=O) groups is 4. The predicted octanol–water partition coefficient (Wildman–Crippen LogP) is 0.464. The lowest BCUT2D eigenvalue weighted by atomic mass is 9.87. The molecule has 1 aromatic rings. The van der Waals surface area contributed by atoms with Crippen molar-refractivity contribution in [1.29, 1.82) is 0 Å². The highest BCUT2D eigenvalue weighted by Gasteiger charge is 2.42. The molecule has 0 radical (unpaired) electrons. The SMILES string of the molecule is COC(=O)C(C(=O)OC)[C@H](C)[C@@H](NC(=O)c1cccc([N+](=O)[O-])c1)C(=O)OC. The van der Waals surface area contributed by atoms with Crippen LogP contribution in [0.25, 0.3) is 0 Å². The molecular formula is C17H20N2O9. The molecule has 11 nitrogen and oxygen atoms in total. The number of rotatable bonds is 8. The summed E-state index contributed by atoms with van der Waals surface area (Å²) in [6.45, 7) is 1.35. The first-order valence-electron chi connectivity index (χ1n) is 7.96. The highest BCUT2D eigenvalue weighted by atomic mass is 16.6. The lowest BCUT2D eigenvalue weighted by Gasteiger charge is -2.27. The van der Waals surface area contributed by atoms with E-state index in [1.807, 2.05) is 0 Å². The Hall–Kier alpha value is -3.50. The van der Waals surface area contributed by atoms with Crippen LogP contribution in [0.4, 0.5) is 5.69 Å². The van der Waals surface area contributed by atoms with Gasteiger partial charge in [-0.15, -0.1) is 0 Å². The van der Waals surface area contributed by atoms with E-state index >= 15 is 0 Å². The lowest BCUT2D eigenvalue weighted by molar-refractivity contribution is -0.384. The van der Waals surface area contributed by atoms with Gasteiger partial charge < -0.3 is 19.5 Å². The molecule has 0 unspecified atom stereocenters. The van der Waals surface area contributed by atoms with Crippen molar-refractivity contribution in [2.24, 2.45) is 11.8 Å². The first kappa shape index (κ1) is 22.5. The molecule has 2 atom stereocenters. The summed E-state index contributed by atoms with van der Waals surface area (Å²) >= 11 is 0. The number of benzene rings is 1. The van der Waals surface area contributed by atoms with Gasteiger partial charge in [0.2, 0.25) is 0 Å². The fraction of sp³-hybridized carbons (Fsp3) is 0.412. The second-order valence-corrected chi connectivity index (χ2v) is 5.66. The largest absolute Gasteiger partial charge is 0.468 e. The maximum atomic E-state index is 12.5. The van der Waals surface area contributed by atoms with E-state index in [2.05, 4.69) is 19.5 Å². The van der Waals surface area contributed by atoms with Crippen molar-refractivity contribution < 1.29 is 38.3 Å². The number of esters is 3. The molecule has 1 amide bonds. The average molecular weight is 396 g/mol. The van der Waals surface area contributed by atoms with Gasteiger partial charge in [-0.05, 0) is 6.07 Å². The summed E-state index contributed by atoms with van der Waals surface area (Å²) in [6.07, 6.45) is 0. The Morgan fingerprint density at radius 2 is 1.54 bits per heavy atom. The van der Waals surface area contributed by atoms with Crippen LogP contribution < -0.4 is 5.32 Å². The fourth-order valence-electron chi connectivity index (χ4n) is 2.49. The van der Waals surface area contributed by atoms with Crippen molar-refractivity contribution >= 4 is 29.5 Å². The maximum absolute atomic E-state index is 12.5. The highest BCUT2D eigenvalue weighted by Crippen LogP contribution is 2.21. The molecule has 28 heavy (non-hydrogen) atoms. The van der Waals surface area contributed by atoms with Gasteiger partial charge in [-0.3, -0.25) is 24.5 Å². The van der Waals surface area contributed by atoms with E-state index in [1.54, 1.807) is 0 Å². The van der Waals surface area contributed by atoms with Gasteiger partial charge in [0, 0.05) is 23.6 Å². The molecule has 11 heteroatoms. The number of nitrogens with one attached hydrogen (secondary N) is 1. The zero-order valence-corrected chi connectivity index (χ0v) is 15.7. The minimum Gasteiger partial charge on any atom is -0.468 e. The summed E-state index contributed by atoms with van der Waals surface area (Å²) in [6, 6.07) is 3.39. The third kappa shape index (κ3) is 5.25. The summed E-state index contributed by atoms with van der Waals surface area (Å²) in [5, 5.41) is 13.2. The van der Waals surface area contributed by atoms with E-state index in [-0.39, 0.29) is 11.3 Å². The Morgan fingerprint density at radius 1 is 1.00 bits per heavy atom. The standard InChI is InChI=1S/C17H20N2O9/c1-9(12(15(21)26-2)16(22)27-3)13(17(23)28-4)18-14(20)10-6-5-7-11(8-10)19(24)25/h5-9,12-13H,1-4H3,(H,18,20)/t9-,13+/m0/s1. The van der Waals surface area contributed by atoms with Crippen LogP contribution in [0.15, 0.2) is 24.3 Å². The van der Waals surface area contributed by atoms with Crippen LogP contribution in [0.1, 0.15) is 17.3 Å². The van der Waals surface area contributed by atoms with Crippen molar-refractivity contribution in [3.63, 3.8) is 0 Å². The quantitative estimate of drug-likeness (QED) is 0.217. The summed E-state index contributed by atoms with van der Waals surface area (Å²) in [7, 11) is 3.17. The first-order chi connectivity index (χ1) is 13.2. The normalized spacial score (nSPS) is 12.5. The van der Waals surface area contributed by atoms with Gasteiger partial charge in [-0.25, -0.2) is 4.79 Å². The van der Waals surface area contributed by atoms with Crippen LogP contribution in [0, 0.1) is 22.0 Å². The van der Waals surface area contributed by atoms with Crippen LogP contribution >= 0.6 is 0 Å². The van der Waals surface area contributed by atoms with E-state index < -0.39 is 46.6 Å². The van der Waals surface area contributed by atoms with E-state index in [0.29, 0.717) is 0 Å². The molecular weight excluding hydrogens is 376 g/mol. The monoisotopic (exact) mass is 396 g/mol. The zero-order valence-electron chi connectivity index (χ0n) is 15.7. The van der Waals surface area contributed by atoms with Crippen molar-refractivity contribution in [1.82, 2.24) is 5.32 Å². The molecule has 0 bridgehead atoms. The van der Waals surface area contributed by atoms with Gasteiger partial charge in [0.1, 0.15) is 6.04 Å². The number of hydrogen-bond acceptors (Lipinski definition) is 9. The molecule has 0 fully saturated rings. The Morgan fingerprint density at radius 3 is 2.00 bits per heavy atom. The minimum atomic E-state index is -1.51. The summed E-state index contributed by atoms with van der Waals surface area (Å²) in [5.74, 6) is -6.29. The third-order valence-corrected chi connectivity index (χ3v) is 4.02. The molecule has 1 rings (SSSR count). The van der Waals surface area contributed by atoms with Gasteiger partial charge in [0.25, 0.3) is 11.6 Å². The molecule has 0 saturated heterocycles. The molecule has 0 aromatic heterocycles. The number of nitro benzene ring substituents is 1. The van der Waals surface area contributed by atoms with Crippen molar-refractivity contribution in [3.05, 3.63) is 39.9 Å². The summed E-state index contributed by atoms with van der Waals surface area (Å²) in [5.41, 5.74) is -0.416. The Labute approximate surface area is 160 Å². The molecule has 1 aromatic carbocycles. The summed E-state index contributed by atoms with van der Waals surface area (Å²) < 4.78 is 13.8. The van der Waals surface area contributed by atoms with E-state index in [4.69, 9.17) is 0 Å². The molecule has 0 aliphatic carbocycles. The van der Waals surface area contributed by atoms with Gasteiger partial charge in [-0.2, -0.15) is 0 Å². The predicted molar refractivity (Wildman–Crippen MR) is 93.1 cm³/mol. The number of ether oxygens (including phenoxy) is 3. The van der Waals surface area contributed by atoms with Gasteiger partial charge in [0.05, 0.1) is 26.3 Å². The maximum Gasteiger partial charge on any atom is 0.328 e. The first-order valence-corrected chi connectivity index (χ1v) is 7.96.